The first-order chi connectivity index (χ1) is 9.99. The summed E-state index contributed by atoms with van der Waals surface area (Å²) in [6.07, 6.45) is 0. The van der Waals surface area contributed by atoms with Gasteiger partial charge in [-0.05, 0) is 30.2 Å². The number of carboxylic acids is 1. The third-order valence-corrected chi connectivity index (χ3v) is 3.04. The average molecular weight is 286 g/mol. The SMILES string of the molecule is Cc1cccc(NCc2cccc([N+](=O)[O-])c2C(=O)O)c1. The Morgan fingerprint density at radius 2 is 2.00 bits per heavy atom. The predicted molar refractivity (Wildman–Crippen MR) is 78.6 cm³/mol. The van der Waals surface area contributed by atoms with Crippen molar-refractivity contribution in [2.45, 2.75) is 13.5 Å². The highest BCUT2D eigenvalue weighted by Crippen LogP contribution is 2.23. The van der Waals surface area contributed by atoms with E-state index in [1.807, 2.05) is 31.2 Å². The molecule has 0 aliphatic carbocycles. The van der Waals surface area contributed by atoms with E-state index in [9.17, 15) is 20.0 Å². The second-order valence-electron chi connectivity index (χ2n) is 4.60. The molecule has 2 rings (SSSR count). The van der Waals surface area contributed by atoms with Crippen LogP contribution in [0.25, 0.3) is 0 Å². The molecular weight excluding hydrogens is 272 g/mol. The zero-order chi connectivity index (χ0) is 15.4. The lowest BCUT2D eigenvalue weighted by molar-refractivity contribution is -0.385. The first kappa shape index (κ1) is 14.5. The zero-order valence-electron chi connectivity index (χ0n) is 11.4. The molecule has 21 heavy (non-hydrogen) atoms. The van der Waals surface area contributed by atoms with Crippen LogP contribution in [-0.4, -0.2) is 16.0 Å². The Balaban J connectivity index is 2.30. The van der Waals surface area contributed by atoms with Gasteiger partial charge >= 0.3 is 5.97 Å². The molecule has 6 heteroatoms. The van der Waals surface area contributed by atoms with Gasteiger partial charge in [0.05, 0.1) is 4.92 Å². The van der Waals surface area contributed by atoms with Gasteiger partial charge in [-0.25, -0.2) is 4.79 Å². The van der Waals surface area contributed by atoms with Gasteiger partial charge in [0, 0.05) is 18.3 Å². The summed E-state index contributed by atoms with van der Waals surface area (Å²) in [5.41, 5.74) is 1.60. The van der Waals surface area contributed by atoms with Gasteiger partial charge in [0.1, 0.15) is 5.56 Å². The lowest BCUT2D eigenvalue weighted by Gasteiger charge is -2.10. The Labute approximate surface area is 121 Å². The highest BCUT2D eigenvalue weighted by molar-refractivity contribution is 5.94. The molecule has 0 bridgehead atoms. The summed E-state index contributed by atoms with van der Waals surface area (Å²) in [6.45, 7) is 2.15. The highest BCUT2D eigenvalue weighted by Gasteiger charge is 2.23. The summed E-state index contributed by atoms with van der Waals surface area (Å²) in [7, 11) is 0. The molecule has 0 heterocycles. The second kappa shape index (κ2) is 6.04. The molecule has 0 saturated carbocycles. The van der Waals surface area contributed by atoms with E-state index in [0.717, 1.165) is 11.3 Å². The maximum absolute atomic E-state index is 11.3. The van der Waals surface area contributed by atoms with E-state index < -0.39 is 16.6 Å². The van der Waals surface area contributed by atoms with Crippen molar-refractivity contribution in [2.24, 2.45) is 0 Å². The fourth-order valence-electron chi connectivity index (χ4n) is 2.09. The molecule has 2 aromatic rings. The number of nitro groups is 1. The van der Waals surface area contributed by atoms with Gasteiger partial charge in [-0.2, -0.15) is 0 Å². The van der Waals surface area contributed by atoms with Crippen LogP contribution in [0.5, 0.6) is 0 Å². The molecule has 0 amide bonds. The first-order valence-corrected chi connectivity index (χ1v) is 6.29. The molecule has 0 aromatic heterocycles. The minimum Gasteiger partial charge on any atom is -0.477 e. The Bertz CT molecular complexity index is 698. The molecular formula is C15H14N2O4. The van der Waals surface area contributed by atoms with Gasteiger partial charge in [-0.1, -0.05) is 24.3 Å². The van der Waals surface area contributed by atoms with Crippen molar-refractivity contribution in [3.05, 3.63) is 69.3 Å². The van der Waals surface area contributed by atoms with E-state index in [0.29, 0.717) is 5.56 Å². The zero-order valence-corrected chi connectivity index (χ0v) is 11.4. The molecule has 0 fully saturated rings. The van der Waals surface area contributed by atoms with Gasteiger partial charge in [-0.3, -0.25) is 10.1 Å². The molecule has 108 valence electrons. The number of benzene rings is 2. The van der Waals surface area contributed by atoms with E-state index in [1.54, 1.807) is 6.07 Å². The quantitative estimate of drug-likeness (QED) is 0.650. The molecule has 0 atom stereocenters. The van der Waals surface area contributed by atoms with Crippen LogP contribution in [0, 0.1) is 17.0 Å². The molecule has 0 aliphatic rings. The van der Waals surface area contributed by atoms with Crippen molar-refractivity contribution in [3.8, 4) is 0 Å². The average Bonchev–Trinajstić information content (AvgIpc) is 2.44. The number of nitrogens with one attached hydrogen (secondary N) is 1. The van der Waals surface area contributed by atoms with Gasteiger partial charge in [0.25, 0.3) is 5.69 Å². The molecule has 2 aromatic carbocycles. The van der Waals surface area contributed by atoms with Crippen molar-refractivity contribution in [2.75, 3.05) is 5.32 Å². The maximum Gasteiger partial charge on any atom is 0.343 e. The van der Waals surface area contributed by atoms with Crippen molar-refractivity contribution < 1.29 is 14.8 Å². The fraction of sp³-hybridized carbons (Fsp3) is 0.133. The van der Waals surface area contributed by atoms with Crippen LogP contribution in [-0.2, 0) is 6.54 Å². The number of hydrogen-bond donors (Lipinski definition) is 2. The minimum atomic E-state index is -1.30. The molecule has 6 nitrogen and oxygen atoms in total. The maximum atomic E-state index is 11.3. The van der Waals surface area contributed by atoms with E-state index in [1.165, 1.54) is 12.1 Å². The summed E-state index contributed by atoms with van der Waals surface area (Å²) in [5, 5.41) is 23.2. The van der Waals surface area contributed by atoms with Crippen LogP contribution in [0.4, 0.5) is 11.4 Å². The first-order valence-electron chi connectivity index (χ1n) is 6.29. The summed E-state index contributed by atoms with van der Waals surface area (Å²) >= 11 is 0. The van der Waals surface area contributed by atoms with Gasteiger partial charge in [0.15, 0.2) is 0 Å². The Kier molecular flexibility index (Phi) is 4.18. The van der Waals surface area contributed by atoms with Crippen LogP contribution in [0.15, 0.2) is 42.5 Å². The van der Waals surface area contributed by atoms with Crippen LogP contribution >= 0.6 is 0 Å². The Morgan fingerprint density at radius 1 is 1.29 bits per heavy atom. The Morgan fingerprint density at radius 3 is 2.62 bits per heavy atom. The van der Waals surface area contributed by atoms with Crippen molar-refractivity contribution in [3.63, 3.8) is 0 Å². The van der Waals surface area contributed by atoms with Gasteiger partial charge in [0.2, 0.25) is 0 Å². The lowest BCUT2D eigenvalue weighted by Crippen LogP contribution is -2.10. The number of carboxylic acid groups (broad SMARTS) is 1. The standard InChI is InChI=1S/C15H14N2O4/c1-10-4-2-6-12(8-10)16-9-11-5-3-7-13(17(20)21)14(11)15(18)19/h2-8,16H,9H2,1H3,(H,18,19). The molecule has 0 spiro atoms. The monoisotopic (exact) mass is 286 g/mol. The van der Waals surface area contributed by atoms with Crippen LogP contribution in [0.2, 0.25) is 0 Å². The predicted octanol–water partition coefficient (Wildman–Crippen LogP) is 3.21. The number of hydrogen-bond acceptors (Lipinski definition) is 4. The molecule has 0 unspecified atom stereocenters. The number of rotatable bonds is 5. The summed E-state index contributed by atoms with van der Waals surface area (Å²) in [6, 6.07) is 11.8. The second-order valence-corrected chi connectivity index (χ2v) is 4.60. The van der Waals surface area contributed by atoms with E-state index >= 15 is 0 Å². The number of nitrogens with zero attached hydrogens (tertiary/aromatic N) is 1. The third kappa shape index (κ3) is 3.36. The lowest BCUT2D eigenvalue weighted by atomic mass is 10.1. The van der Waals surface area contributed by atoms with Crippen molar-refractivity contribution in [1.82, 2.24) is 0 Å². The minimum absolute atomic E-state index is 0.201. The normalized spacial score (nSPS) is 10.1. The smallest absolute Gasteiger partial charge is 0.343 e. The van der Waals surface area contributed by atoms with Crippen molar-refractivity contribution >= 4 is 17.3 Å². The highest BCUT2D eigenvalue weighted by atomic mass is 16.6. The van der Waals surface area contributed by atoms with Crippen LogP contribution < -0.4 is 5.32 Å². The summed E-state index contributed by atoms with van der Waals surface area (Å²) < 4.78 is 0. The molecule has 2 N–H and O–H groups in total. The molecule has 0 aliphatic heterocycles. The number of aryl methyl sites for hydroxylation is 1. The summed E-state index contributed by atoms with van der Waals surface area (Å²) in [5.74, 6) is -1.30. The Hall–Kier alpha value is -2.89. The largest absolute Gasteiger partial charge is 0.477 e. The number of carbonyl (C=O) groups is 1. The number of anilines is 1. The van der Waals surface area contributed by atoms with Crippen LogP contribution in [0.3, 0.4) is 0 Å². The van der Waals surface area contributed by atoms with Gasteiger partial charge < -0.3 is 10.4 Å². The topological polar surface area (TPSA) is 92.5 Å². The van der Waals surface area contributed by atoms with E-state index in [4.69, 9.17) is 0 Å². The van der Waals surface area contributed by atoms with Crippen molar-refractivity contribution in [1.29, 1.82) is 0 Å². The van der Waals surface area contributed by atoms with Gasteiger partial charge in [-0.15, -0.1) is 0 Å². The van der Waals surface area contributed by atoms with E-state index in [-0.39, 0.29) is 12.1 Å². The van der Waals surface area contributed by atoms with Crippen LogP contribution in [0.1, 0.15) is 21.5 Å². The molecule has 0 radical (unpaired) electrons. The number of aromatic carboxylic acids is 1. The van der Waals surface area contributed by atoms with E-state index in [2.05, 4.69) is 5.32 Å². The summed E-state index contributed by atoms with van der Waals surface area (Å²) in [4.78, 5) is 21.5. The number of nitro benzene ring substituents is 1. The third-order valence-electron chi connectivity index (χ3n) is 3.04. The fourth-order valence-corrected chi connectivity index (χ4v) is 2.09. The molecule has 0 saturated heterocycles.